The maximum Gasteiger partial charge on any atom is 0.269 e. The lowest BCUT2D eigenvalue weighted by Gasteiger charge is -2.25. The minimum Gasteiger partial charge on any atom is -0.271 e. The molecule has 0 atom stereocenters. The largest absolute Gasteiger partial charge is 0.271 e. The first-order chi connectivity index (χ1) is 9.33. The summed E-state index contributed by atoms with van der Waals surface area (Å²) in [6.07, 6.45) is 1.96. The lowest BCUT2D eigenvalue weighted by molar-refractivity contribution is -0.198. The molecule has 0 radical (unpaired) electrons. The van der Waals surface area contributed by atoms with Gasteiger partial charge < -0.3 is 0 Å². The molecule has 1 aliphatic heterocycles. The molecule has 1 saturated heterocycles. The number of hydrogen-bond acceptors (Lipinski definition) is 6. The molecule has 19 heavy (non-hydrogen) atoms. The number of rotatable bonds is 3. The van der Waals surface area contributed by atoms with Crippen molar-refractivity contribution in [2.24, 2.45) is 0 Å². The number of nitrogens with zero attached hydrogens (tertiary/aromatic N) is 5. The molecule has 0 spiro atoms. The number of amides is 1. The number of carbonyl (C=O) groups excluding carboxylic acids is 1. The van der Waals surface area contributed by atoms with Crippen LogP contribution in [0.3, 0.4) is 0 Å². The van der Waals surface area contributed by atoms with Crippen LogP contribution in [0.2, 0.25) is 0 Å². The van der Waals surface area contributed by atoms with Crippen LogP contribution in [0, 0.1) is 0 Å². The van der Waals surface area contributed by atoms with Crippen LogP contribution in [0.15, 0.2) is 16.8 Å². The van der Waals surface area contributed by atoms with Gasteiger partial charge in [0.25, 0.3) is 5.91 Å². The van der Waals surface area contributed by atoms with Crippen LogP contribution in [0.5, 0.6) is 0 Å². The Morgan fingerprint density at radius 1 is 1.47 bits per heavy atom. The minimum absolute atomic E-state index is 0.0527. The average molecular weight is 279 g/mol. The molecule has 0 bridgehead atoms. The smallest absolute Gasteiger partial charge is 0.269 e. The Kier molecular flexibility index (Phi) is 3.51. The van der Waals surface area contributed by atoms with Crippen molar-refractivity contribution in [3.05, 3.63) is 16.8 Å². The number of tetrazole rings is 1. The highest BCUT2D eigenvalue weighted by Crippen LogP contribution is 2.16. The summed E-state index contributed by atoms with van der Waals surface area (Å²) in [5, 5.41) is 17.3. The van der Waals surface area contributed by atoms with E-state index in [4.69, 9.17) is 4.84 Å². The second-order valence-electron chi connectivity index (χ2n) is 4.19. The van der Waals surface area contributed by atoms with Gasteiger partial charge in [0.15, 0.2) is 0 Å². The van der Waals surface area contributed by atoms with Crippen LogP contribution in [0.25, 0.3) is 11.4 Å². The first-order valence-corrected chi connectivity index (χ1v) is 7.01. The highest BCUT2D eigenvalue weighted by molar-refractivity contribution is 7.08. The van der Waals surface area contributed by atoms with Gasteiger partial charge in [-0.3, -0.25) is 9.63 Å². The van der Waals surface area contributed by atoms with Crippen LogP contribution in [-0.4, -0.2) is 44.3 Å². The Hall–Kier alpha value is -1.80. The van der Waals surface area contributed by atoms with E-state index in [2.05, 4.69) is 15.4 Å². The van der Waals surface area contributed by atoms with Gasteiger partial charge >= 0.3 is 0 Å². The number of carbonyl (C=O) groups is 1. The van der Waals surface area contributed by atoms with Crippen LogP contribution in [-0.2, 0) is 16.2 Å². The number of hydroxylamine groups is 2. The molecule has 1 fully saturated rings. The molecule has 8 heteroatoms. The molecule has 0 saturated carbocycles. The minimum atomic E-state index is -0.144. The molecule has 0 unspecified atom stereocenters. The molecule has 0 aromatic carbocycles. The van der Waals surface area contributed by atoms with E-state index in [1.807, 2.05) is 16.8 Å². The van der Waals surface area contributed by atoms with Crippen molar-refractivity contribution in [1.82, 2.24) is 25.3 Å². The van der Waals surface area contributed by atoms with Gasteiger partial charge in [-0.25, -0.2) is 5.06 Å². The SMILES string of the molecule is O=C(Cn1nnc(-c2ccsc2)n1)N1CCCCO1. The van der Waals surface area contributed by atoms with Gasteiger partial charge in [0, 0.05) is 17.5 Å². The summed E-state index contributed by atoms with van der Waals surface area (Å²) in [5.41, 5.74) is 0.915. The zero-order chi connectivity index (χ0) is 13.1. The highest BCUT2D eigenvalue weighted by atomic mass is 32.1. The topological polar surface area (TPSA) is 73.1 Å². The van der Waals surface area contributed by atoms with Crippen molar-refractivity contribution >= 4 is 17.2 Å². The monoisotopic (exact) mass is 279 g/mol. The van der Waals surface area contributed by atoms with Gasteiger partial charge in [0.2, 0.25) is 5.82 Å². The van der Waals surface area contributed by atoms with E-state index in [1.165, 1.54) is 9.86 Å². The summed E-state index contributed by atoms with van der Waals surface area (Å²) in [7, 11) is 0. The Labute approximate surface area is 113 Å². The standard InChI is InChI=1S/C11H13N5O2S/c17-10(15-4-1-2-5-18-15)7-16-13-11(12-14-16)9-3-6-19-8-9/h3,6,8H,1-2,4-5,7H2. The predicted molar refractivity (Wildman–Crippen MR) is 68.0 cm³/mol. The zero-order valence-corrected chi connectivity index (χ0v) is 11.0. The Bertz CT molecular complexity index is 547. The third kappa shape index (κ3) is 2.79. The van der Waals surface area contributed by atoms with E-state index in [0.29, 0.717) is 19.0 Å². The van der Waals surface area contributed by atoms with Crippen molar-refractivity contribution in [2.75, 3.05) is 13.2 Å². The van der Waals surface area contributed by atoms with Gasteiger partial charge in [0.1, 0.15) is 6.54 Å². The molecule has 2 aromatic rings. The Morgan fingerprint density at radius 3 is 3.16 bits per heavy atom. The summed E-state index contributed by atoms with van der Waals surface area (Å²) in [5.74, 6) is 0.391. The normalized spacial score (nSPS) is 15.7. The van der Waals surface area contributed by atoms with Crippen molar-refractivity contribution < 1.29 is 9.63 Å². The fourth-order valence-corrected chi connectivity index (χ4v) is 2.45. The van der Waals surface area contributed by atoms with E-state index in [0.717, 1.165) is 18.4 Å². The van der Waals surface area contributed by atoms with Crippen molar-refractivity contribution in [2.45, 2.75) is 19.4 Å². The van der Waals surface area contributed by atoms with Crippen molar-refractivity contribution in [3.8, 4) is 11.4 Å². The van der Waals surface area contributed by atoms with E-state index >= 15 is 0 Å². The predicted octanol–water partition coefficient (Wildman–Crippen LogP) is 0.956. The molecule has 1 amide bonds. The molecule has 3 rings (SSSR count). The quantitative estimate of drug-likeness (QED) is 0.836. The number of aromatic nitrogens is 4. The second kappa shape index (κ2) is 5.45. The fourth-order valence-electron chi connectivity index (χ4n) is 1.81. The zero-order valence-electron chi connectivity index (χ0n) is 10.2. The van der Waals surface area contributed by atoms with Crippen LogP contribution in [0.1, 0.15) is 12.8 Å². The van der Waals surface area contributed by atoms with E-state index in [-0.39, 0.29) is 12.5 Å². The lowest BCUT2D eigenvalue weighted by Crippen LogP contribution is -2.38. The van der Waals surface area contributed by atoms with Crippen LogP contribution < -0.4 is 0 Å². The number of thiophene rings is 1. The summed E-state index contributed by atoms with van der Waals surface area (Å²) in [4.78, 5) is 18.5. The highest BCUT2D eigenvalue weighted by Gasteiger charge is 2.19. The molecule has 0 N–H and O–H groups in total. The fraction of sp³-hybridized carbons (Fsp3) is 0.455. The molecule has 100 valence electrons. The maximum absolute atomic E-state index is 11.9. The maximum atomic E-state index is 11.9. The van der Waals surface area contributed by atoms with E-state index in [1.54, 1.807) is 11.3 Å². The van der Waals surface area contributed by atoms with E-state index in [9.17, 15) is 4.79 Å². The Morgan fingerprint density at radius 2 is 2.42 bits per heavy atom. The molecule has 0 aliphatic carbocycles. The third-order valence-corrected chi connectivity index (χ3v) is 3.47. The van der Waals surface area contributed by atoms with Gasteiger partial charge in [-0.1, -0.05) is 0 Å². The molecule has 2 aromatic heterocycles. The van der Waals surface area contributed by atoms with Gasteiger partial charge in [-0.2, -0.15) is 16.1 Å². The Balaban J connectivity index is 1.65. The molecular formula is C11H13N5O2S. The second-order valence-corrected chi connectivity index (χ2v) is 4.97. The first-order valence-electron chi connectivity index (χ1n) is 6.06. The van der Waals surface area contributed by atoms with Crippen LogP contribution >= 0.6 is 11.3 Å². The van der Waals surface area contributed by atoms with Crippen molar-refractivity contribution in [1.29, 1.82) is 0 Å². The molecule has 3 heterocycles. The van der Waals surface area contributed by atoms with Gasteiger partial charge in [-0.15, -0.1) is 10.2 Å². The number of hydrogen-bond donors (Lipinski definition) is 0. The van der Waals surface area contributed by atoms with Gasteiger partial charge in [-0.05, 0) is 29.5 Å². The lowest BCUT2D eigenvalue weighted by atomic mass is 10.3. The molecular weight excluding hydrogens is 266 g/mol. The summed E-state index contributed by atoms with van der Waals surface area (Å²) >= 11 is 1.57. The van der Waals surface area contributed by atoms with E-state index < -0.39 is 0 Å². The third-order valence-electron chi connectivity index (χ3n) is 2.79. The summed E-state index contributed by atoms with van der Waals surface area (Å²) < 4.78 is 0. The summed E-state index contributed by atoms with van der Waals surface area (Å²) in [6, 6.07) is 1.92. The van der Waals surface area contributed by atoms with Crippen LogP contribution in [0.4, 0.5) is 0 Å². The van der Waals surface area contributed by atoms with Gasteiger partial charge in [0.05, 0.1) is 6.61 Å². The molecule has 1 aliphatic rings. The first kappa shape index (κ1) is 12.2. The average Bonchev–Trinajstić information content (AvgIpc) is 3.10. The summed E-state index contributed by atoms with van der Waals surface area (Å²) in [6.45, 7) is 1.28. The van der Waals surface area contributed by atoms with Crippen molar-refractivity contribution in [3.63, 3.8) is 0 Å². The molecule has 7 nitrogen and oxygen atoms in total.